The number of carboxylic acids is 1. The summed E-state index contributed by atoms with van der Waals surface area (Å²) in [5, 5.41) is 8.73. The van der Waals surface area contributed by atoms with Crippen molar-refractivity contribution in [2.75, 3.05) is 0 Å². The molecule has 0 aliphatic rings. The van der Waals surface area contributed by atoms with Crippen molar-refractivity contribution < 1.29 is 19.4 Å². The summed E-state index contributed by atoms with van der Waals surface area (Å²) in [6, 6.07) is -1.27. The van der Waals surface area contributed by atoms with E-state index in [9.17, 15) is 9.59 Å². The number of hydrogen-bond acceptors (Lipinski definition) is 4. The predicted octanol–water partition coefficient (Wildman–Crippen LogP) is 0.766. The molecular weight excluding hydrogens is 198 g/mol. The van der Waals surface area contributed by atoms with Gasteiger partial charge in [0.2, 0.25) is 0 Å². The molecule has 0 unspecified atom stereocenters. The summed E-state index contributed by atoms with van der Waals surface area (Å²) >= 11 is 0. The molecule has 0 radical (unpaired) electrons. The first-order valence-corrected chi connectivity index (χ1v) is 4.70. The molecule has 0 heterocycles. The summed E-state index contributed by atoms with van der Waals surface area (Å²) in [4.78, 5) is 22.3. The van der Waals surface area contributed by atoms with Crippen molar-refractivity contribution in [1.82, 2.24) is 0 Å². The lowest BCUT2D eigenvalue weighted by molar-refractivity contribution is -0.170. The number of nitrogens with two attached hydrogens (primary N) is 1. The van der Waals surface area contributed by atoms with Crippen LogP contribution in [0.2, 0.25) is 0 Å². The van der Waals surface area contributed by atoms with Crippen LogP contribution in [0.1, 0.15) is 34.6 Å². The van der Waals surface area contributed by atoms with E-state index in [1.807, 2.05) is 0 Å². The van der Waals surface area contributed by atoms with E-state index in [-0.39, 0.29) is 0 Å². The minimum atomic E-state index is -1.27. The van der Waals surface area contributed by atoms with Crippen LogP contribution >= 0.6 is 0 Å². The number of ether oxygens (including phenoxy) is 1. The molecule has 0 amide bonds. The van der Waals surface area contributed by atoms with Gasteiger partial charge in [-0.05, 0) is 34.6 Å². The van der Waals surface area contributed by atoms with E-state index in [2.05, 4.69) is 0 Å². The molecule has 5 heteroatoms. The number of carbonyl (C=O) groups excluding carboxylic acids is 1. The first kappa shape index (κ1) is 13.9. The van der Waals surface area contributed by atoms with Gasteiger partial charge in [-0.25, -0.2) is 0 Å². The summed E-state index contributed by atoms with van der Waals surface area (Å²) < 4.78 is 5.09. The van der Waals surface area contributed by atoms with Crippen molar-refractivity contribution in [3.05, 3.63) is 0 Å². The first-order valence-electron chi connectivity index (χ1n) is 4.70. The molecule has 88 valence electrons. The molecule has 0 rings (SSSR count). The zero-order valence-corrected chi connectivity index (χ0v) is 9.83. The van der Waals surface area contributed by atoms with Crippen molar-refractivity contribution in [3.63, 3.8) is 0 Å². The van der Waals surface area contributed by atoms with E-state index in [0.29, 0.717) is 0 Å². The van der Waals surface area contributed by atoms with Crippen LogP contribution in [0.25, 0.3) is 0 Å². The fourth-order valence-corrected chi connectivity index (χ4v) is 0.845. The summed E-state index contributed by atoms with van der Waals surface area (Å²) in [5.74, 6) is -1.82. The van der Waals surface area contributed by atoms with Gasteiger partial charge in [0, 0.05) is 0 Å². The molecule has 0 aromatic rings. The maximum absolute atomic E-state index is 11.7. The third kappa shape index (κ3) is 3.87. The Labute approximate surface area is 89.6 Å². The standard InChI is InChI=1S/C10H19NO4/c1-9(2,3)15-8(14)10(4,5)6(11)7(12)13/h6H,11H2,1-5H3,(H,12,13)/t6-/m1/s1. The van der Waals surface area contributed by atoms with Crippen LogP contribution in [0.5, 0.6) is 0 Å². The van der Waals surface area contributed by atoms with Crippen LogP contribution in [0.3, 0.4) is 0 Å². The lowest BCUT2D eigenvalue weighted by atomic mass is 9.85. The molecule has 0 bridgehead atoms. The maximum atomic E-state index is 11.7. The van der Waals surface area contributed by atoms with Gasteiger partial charge in [0.15, 0.2) is 0 Å². The third-order valence-electron chi connectivity index (χ3n) is 1.97. The van der Waals surface area contributed by atoms with E-state index < -0.39 is 29.0 Å². The highest BCUT2D eigenvalue weighted by Gasteiger charge is 2.41. The Balaban J connectivity index is 4.74. The molecule has 1 atom stereocenters. The van der Waals surface area contributed by atoms with Gasteiger partial charge in [-0.3, -0.25) is 9.59 Å². The van der Waals surface area contributed by atoms with Gasteiger partial charge < -0.3 is 15.6 Å². The molecular formula is C10H19NO4. The van der Waals surface area contributed by atoms with Crippen LogP contribution in [0, 0.1) is 5.41 Å². The first-order chi connectivity index (χ1) is 6.48. The summed E-state index contributed by atoms with van der Waals surface area (Å²) in [5.41, 5.74) is 3.53. The monoisotopic (exact) mass is 217 g/mol. The van der Waals surface area contributed by atoms with Crippen LogP contribution in [-0.2, 0) is 14.3 Å². The van der Waals surface area contributed by atoms with E-state index in [0.717, 1.165) is 0 Å². The van der Waals surface area contributed by atoms with Crippen LogP contribution in [-0.4, -0.2) is 28.7 Å². The number of hydrogen-bond donors (Lipinski definition) is 2. The second-order valence-electron chi connectivity index (χ2n) is 5.04. The van der Waals surface area contributed by atoms with E-state index in [4.69, 9.17) is 15.6 Å². The average molecular weight is 217 g/mol. The van der Waals surface area contributed by atoms with Crippen LogP contribution in [0.4, 0.5) is 0 Å². The summed E-state index contributed by atoms with van der Waals surface area (Å²) in [7, 11) is 0. The molecule has 0 aliphatic carbocycles. The number of aliphatic carboxylic acids is 1. The lowest BCUT2D eigenvalue weighted by Crippen LogP contribution is -2.50. The molecule has 3 N–H and O–H groups in total. The van der Waals surface area contributed by atoms with Gasteiger partial charge in [0.05, 0.1) is 5.41 Å². The number of esters is 1. The zero-order chi connectivity index (χ0) is 12.4. The molecule has 0 aromatic carbocycles. The van der Waals surface area contributed by atoms with E-state index in [1.165, 1.54) is 13.8 Å². The number of rotatable bonds is 3. The SMILES string of the molecule is CC(C)(C)OC(=O)C(C)(C)[C@H](N)C(=O)O. The summed E-state index contributed by atoms with van der Waals surface area (Å²) in [6.45, 7) is 8.06. The Morgan fingerprint density at radius 1 is 1.20 bits per heavy atom. The van der Waals surface area contributed by atoms with Crippen molar-refractivity contribution in [3.8, 4) is 0 Å². The minimum Gasteiger partial charge on any atom is -0.480 e. The Morgan fingerprint density at radius 3 is 1.87 bits per heavy atom. The smallest absolute Gasteiger partial charge is 0.321 e. The summed E-state index contributed by atoms with van der Waals surface area (Å²) in [6.07, 6.45) is 0. The zero-order valence-electron chi connectivity index (χ0n) is 9.83. The van der Waals surface area contributed by atoms with Gasteiger partial charge in [0.1, 0.15) is 11.6 Å². The third-order valence-corrected chi connectivity index (χ3v) is 1.97. The molecule has 15 heavy (non-hydrogen) atoms. The van der Waals surface area contributed by atoms with Gasteiger partial charge >= 0.3 is 11.9 Å². The molecule has 0 saturated carbocycles. The molecule has 0 aliphatic heterocycles. The molecule has 0 spiro atoms. The number of carbonyl (C=O) groups is 2. The van der Waals surface area contributed by atoms with E-state index in [1.54, 1.807) is 20.8 Å². The molecule has 5 nitrogen and oxygen atoms in total. The van der Waals surface area contributed by atoms with Crippen molar-refractivity contribution in [2.24, 2.45) is 11.1 Å². The van der Waals surface area contributed by atoms with Gasteiger partial charge in [-0.2, -0.15) is 0 Å². The highest BCUT2D eigenvalue weighted by atomic mass is 16.6. The minimum absolute atomic E-state index is 0.607. The fourth-order valence-electron chi connectivity index (χ4n) is 0.845. The fraction of sp³-hybridized carbons (Fsp3) is 0.800. The normalized spacial score (nSPS) is 14.5. The lowest BCUT2D eigenvalue weighted by Gasteiger charge is -2.30. The Hall–Kier alpha value is -1.10. The van der Waals surface area contributed by atoms with E-state index >= 15 is 0 Å². The van der Waals surface area contributed by atoms with Crippen LogP contribution < -0.4 is 5.73 Å². The molecule has 0 aromatic heterocycles. The Morgan fingerprint density at radius 2 is 1.60 bits per heavy atom. The number of carboxylic acid groups (broad SMARTS) is 1. The van der Waals surface area contributed by atoms with Gasteiger partial charge in [0.25, 0.3) is 0 Å². The van der Waals surface area contributed by atoms with Crippen LogP contribution in [0.15, 0.2) is 0 Å². The maximum Gasteiger partial charge on any atom is 0.321 e. The van der Waals surface area contributed by atoms with Gasteiger partial charge in [-0.15, -0.1) is 0 Å². The second kappa shape index (κ2) is 4.18. The van der Waals surface area contributed by atoms with Crippen molar-refractivity contribution in [1.29, 1.82) is 0 Å². The highest BCUT2D eigenvalue weighted by Crippen LogP contribution is 2.24. The second-order valence-corrected chi connectivity index (χ2v) is 5.04. The molecule has 0 saturated heterocycles. The predicted molar refractivity (Wildman–Crippen MR) is 55.2 cm³/mol. The topological polar surface area (TPSA) is 89.6 Å². The van der Waals surface area contributed by atoms with Gasteiger partial charge in [-0.1, -0.05) is 0 Å². The highest BCUT2D eigenvalue weighted by molar-refractivity contribution is 5.86. The Kier molecular flexibility index (Phi) is 3.88. The average Bonchev–Trinajstić information content (AvgIpc) is 1.99. The molecule has 0 fully saturated rings. The Bertz CT molecular complexity index is 265. The quantitative estimate of drug-likeness (QED) is 0.681. The van der Waals surface area contributed by atoms with Crippen molar-refractivity contribution in [2.45, 2.75) is 46.3 Å². The largest absolute Gasteiger partial charge is 0.480 e. The van der Waals surface area contributed by atoms with Crippen molar-refractivity contribution >= 4 is 11.9 Å².